The number of rotatable bonds is 6. The highest BCUT2D eigenvalue weighted by atomic mass is 32.2. The lowest BCUT2D eigenvalue weighted by Gasteiger charge is -2.25. The number of likely N-dealkylation sites (N-methyl/N-ethyl adjacent to an activating group) is 1. The van der Waals surface area contributed by atoms with E-state index < -0.39 is 15.4 Å². The fraction of sp³-hybridized carbons (Fsp3) is 0.562. The van der Waals surface area contributed by atoms with Crippen LogP contribution in [0.3, 0.4) is 0 Å². The van der Waals surface area contributed by atoms with Crippen molar-refractivity contribution in [2.45, 2.75) is 25.4 Å². The first-order valence-electron chi connectivity index (χ1n) is 7.54. The number of ether oxygens (including phenoxy) is 1. The summed E-state index contributed by atoms with van der Waals surface area (Å²) in [6.07, 6.45) is 0.475. The third-order valence-corrected chi connectivity index (χ3v) is 5.87. The first kappa shape index (κ1) is 17.7. The van der Waals surface area contributed by atoms with Gasteiger partial charge in [-0.05, 0) is 38.1 Å². The molecule has 1 atom stereocenters. The molecule has 1 aromatic carbocycles. The number of carbonyl (C=O) groups is 1. The molecule has 1 aliphatic heterocycles. The zero-order valence-corrected chi connectivity index (χ0v) is 14.6. The van der Waals surface area contributed by atoms with Gasteiger partial charge in [0.2, 0.25) is 5.91 Å². The Morgan fingerprint density at radius 1 is 1.35 bits per heavy atom. The van der Waals surface area contributed by atoms with E-state index in [1.54, 1.807) is 14.0 Å². The Bertz CT molecular complexity index is 657. The summed E-state index contributed by atoms with van der Waals surface area (Å²) < 4.78 is 28.3. The number of hydrogen-bond donors (Lipinski definition) is 1. The molecule has 0 aromatic heterocycles. The fourth-order valence-corrected chi connectivity index (χ4v) is 4.92. The zero-order valence-electron chi connectivity index (χ0n) is 13.8. The summed E-state index contributed by atoms with van der Waals surface area (Å²) in [4.78, 5) is 14.0. The molecule has 1 heterocycles. The summed E-state index contributed by atoms with van der Waals surface area (Å²) in [6, 6.07) is 7.68. The Labute approximate surface area is 137 Å². The first-order chi connectivity index (χ1) is 10.7. The van der Waals surface area contributed by atoms with Gasteiger partial charge in [0.25, 0.3) is 0 Å². The van der Waals surface area contributed by atoms with E-state index >= 15 is 0 Å². The maximum absolute atomic E-state index is 12.1. The molecule has 128 valence electrons. The van der Waals surface area contributed by atoms with Crippen LogP contribution in [-0.4, -0.2) is 57.0 Å². The van der Waals surface area contributed by atoms with Crippen LogP contribution < -0.4 is 10.1 Å². The van der Waals surface area contributed by atoms with Gasteiger partial charge in [0.05, 0.1) is 30.7 Å². The van der Waals surface area contributed by atoms with Gasteiger partial charge in [-0.25, -0.2) is 8.42 Å². The molecule has 0 radical (unpaired) electrons. The molecule has 0 aliphatic carbocycles. The lowest BCUT2D eigenvalue weighted by molar-refractivity contribution is -0.123. The first-order valence-corrected chi connectivity index (χ1v) is 9.36. The molecular weight excluding hydrogens is 316 g/mol. The molecule has 1 aliphatic rings. The highest BCUT2D eigenvalue weighted by molar-refractivity contribution is 7.91. The normalized spacial score (nSPS) is 23.0. The van der Waals surface area contributed by atoms with Crippen molar-refractivity contribution in [3.63, 3.8) is 0 Å². The van der Waals surface area contributed by atoms with Crippen LogP contribution in [0, 0.1) is 0 Å². The van der Waals surface area contributed by atoms with Gasteiger partial charge >= 0.3 is 0 Å². The van der Waals surface area contributed by atoms with Gasteiger partial charge in [-0.1, -0.05) is 12.1 Å². The molecule has 0 unspecified atom stereocenters. The topological polar surface area (TPSA) is 75.7 Å². The summed E-state index contributed by atoms with van der Waals surface area (Å²) in [5, 5.41) is 2.87. The SMILES string of the molecule is COc1ccc(CN(C)CC(=O)N[C@@]2(C)CCS(=O)(=O)C2)cc1. The van der Waals surface area contributed by atoms with Crippen molar-refractivity contribution < 1.29 is 17.9 Å². The van der Waals surface area contributed by atoms with Crippen LogP contribution in [-0.2, 0) is 21.2 Å². The van der Waals surface area contributed by atoms with Crippen molar-refractivity contribution in [2.24, 2.45) is 0 Å². The fourth-order valence-electron chi connectivity index (χ4n) is 2.83. The zero-order chi connectivity index (χ0) is 17.1. The Hall–Kier alpha value is -1.60. The van der Waals surface area contributed by atoms with Crippen molar-refractivity contribution in [2.75, 3.05) is 32.2 Å². The quantitative estimate of drug-likeness (QED) is 0.830. The van der Waals surface area contributed by atoms with E-state index in [9.17, 15) is 13.2 Å². The van der Waals surface area contributed by atoms with Gasteiger partial charge in [0.15, 0.2) is 9.84 Å². The van der Waals surface area contributed by atoms with Crippen LogP contribution >= 0.6 is 0 Å². The van der Waals surface area contributed by atoms with Crippen molar-refractivity contribution in [1.29, 1.82) is 0 Å². The van der Waals surface area contributed by atoms with Crippen LogP contribution in [0.1, 0.15) is 18.9 Å². The van der Waals surface area contributed by atoms with Gasteiger partial charge < -0.3 is 10.1 Å². The number of nitrogens with one attached hydrogen (secondary N) is 1. The highest BCUT2D eigenvalue weighted by Crippen LogP contribution is 2.22. The van der Waals surface area contributed by atoms with Crippen LogP contribution in [0.15, 0.2) is 24.3 Å². The monoisotopic (exact) mass is 340 g/mol. The van der Waals surface area contributed by atoms with Gasteiger partial charge in [0.1, 0.15) is 5.75 Å². The van der Waals surface area contributed by atoms with Crippen LogP contribution in [0.4, 0.5) is 0 Å². The smallest absolute Gasteiger partial charge is 0.234 e. The molecule has 1 aromatic rings. The average molecular weight is 340 g/mol. The molecule has 2 rings (SSSR count). The summed E-state index contributed by atoms with van der Waals surface area (Å²) in [5.74, 6) is 0.810. The minimum Gasteiger partial charge on any atom is -0.497 e. The second-order valence-electron chi connectivity index (χ2n) is 6.47. The number of amides is 1. The maximum Gasteiger partial charge on any atom is 0.234 e. The Balaban J connectivity index is 1.84. The Kier molecular flexibility index (Phi) is 5.31. The van der Waals surface area contributed by atoms with Crippen molar-refractivity contribution >= 4 is 15.7 Å². The van der Waals surface area contributed by atoms with Crippen molar-refractivity contribution in [3.8, 4) is 5.75 Å². The number of nitrogens with zero attached hydrogens (tertiary/aromatic N) is 1. The second kappa shape index (κ2) is 6.88. The summed E-state index contributed by atoms with van der Waals surface area (Å²) in [5.41, 5.74) is 0.437. The van der Waals surface area contributed by atoms with Crippen molar-refractivity contribution in [1.82, 2.24) is 10.2 Å². The predicted molar refractivity (Wildman–Crippen MR) is 89.1 cm³/mol. The molecule has 23 heavy (non-hydrogen) atoms. The summed E-state index contributed by atoms with van der Waals surface area (Å²) >= 11 is 0. The molecular formula is C16H24N2O4S. The van der Waals surface area contributed by atoms with Crippen LogP contribution in [0.25, 0.3) is 0 Å². The van der Waals surface area contributed by atoms with E-state index in [2.05, 4.69) is 5.32 Å². The molecule has 1 saturated heterocycles. The number of methoxy groups -OCH3 is 1. The molecule has 0 bridgehead atoms. The third-order valence-electron chi connectivity index (χ3n) is 3.97. The summed E-state index contributed by atoms with van der Waals surface area (Å²) in [7, 11) is 0.456. The number of hydrogen-bond acceptors (Lipinski definition) is 5. The molecule has 6 nitrogen and oxygen atoms in total. The van der Waals surface area contributed by atoms with E-state index in [1.807, 2.05) is 36.2 Å². The van der Waals surface area contributed by atoms with E-state index in [0.717, 1.165) is 11.3 Å². The molecule has 7 heteroatoms. The van der Waals surface area contributed by atoms with E-state index in [0.29, 0.717) is 13.0 Å². The van der Waals surface area contributed by atoms with Gasteiger partial charge in [-0.15, -0.1) is 0 Å². The van der Waals surface area contributed by atoms with E-state index in [4.69, 9.17) is 4.74 Å². The Morgan fingerprint density at radius 3 is 2.52 bits per heavy atom. The van der Waals surface area contributed by atoms with E-state index in [1.165, 1.54) is 0 Å². The minimum atomic E-state index is -3.02. The number of sulfone groups is 1. The van der Waals surface area contributed by atoms with E-state index in [-0.39, 0.29) is 24.0 Å². The average Bonchev–Trinajstić information content (AvgIpc) is 2.72. The largest absolute Gasteiger partial charge is 0.497 e. The van der Waals surface area contributed by atoms with Crippen molar-refractivity contribution in [3.05, 3.63) is 29.8 Å². The molecule has 1 N–H and O–H groups in total. The number of benzene rings is 1. The van der Waals surface area contributed by atoms with Gasteiger partial charge in [0, 0.05) is 6.54 Å². The standard InChI is InChI=1S/C16H24N2O4S/c1-16(8-9-23(20,21)12-16)17-15(19)11-18(2)10-13-4-6-14(22-3)7-5-13/h4-7H,8-12H2,1-3H3,(H,17,19)/t16-/m0/s1. The predicted octanol–water partition coefficient (Wildman–Crippen LogP) is 0.820. The van der Waals surface area contributed by atoms with Gasteiger partial charge in [-0.2, -0.15) is 0 Å². The lowest BCUT2D eigenvalue weighted by atomic mass is 10.0. The van der Waals surface area contributed by atoms with Crippen LogP contribution in [0.5, 0.6) is 5.75 Å². The lowest BCUT2D eigenvalue weighted by Crippen LogP contribution is -2.49. The maximum atomic E-state index is 12.1. The highest BCUT2D eigenvalue weighted by Gasteiger charge is 2.39. The Morgan fingerprint density at radius 2 is 2.00 bits per heavy atom. The molecule has 0 saturated carbocycles. The van der Waals surface area contributed by atoms with Gasteiger partial charge in [-0.3, -0.25) is 9.69 Å². The third kappa shape index (κ3) is 5.21. The van der Waals surface area contributed by atoms with Crippen LogP contribution in [0.2, 0.25) is 0 Å². The second-order valence-corrected chi connectivity index (χ2v) is 8.66. The summed E-state index contributed by atoms with van der Waals surface area (Å²) in [6.45, 7) is 2.65. The minimum absolute atomic E-state index is 0.0218. The molecule has 1 fully saturated rings. The molecule has 0 spiro atoms. The number of carbonyl (C=O) groups excluding carboxylic acids is 1. The molecule has 1 amide bonds.